The Hall–Kier alpha value is -2.14. The molecule has 0 spiro atoms. The smallest absolute Gasteiger partial charge is 0.142 e. The number of benzene rings is 1. The Morgan fingerprint density at radius 2 is 1.83 bits per heavy atom. The van der Waals surface area contributed by atoms with Crippen LogP contribution in [0.25, 0.3) is 21.6 Å². The number of methoxy groups -OCH3 is 2. The lowest BCUT2D eigenvalue weighted by Gasteiger charge is -2.11. The molecule has 0 fully saturated rings. The average Bonchev–Trinajstić information content (AvgIpc) is 3.03. The third-order valence-corrected chi connectivity index (χ3v) is 4.71. The van der Waals surface area contributed by atoms with Crippen molar-refractivity contribution < 1.29 is 9.47 Å². The van der Waals surface area contributed by atoms with E-state index in [4.69, 9.17) is 19.4 Å². The second-order valence-corrected chi connectivity index (χ2v) is 6.64. The highest BCUT2D eigenvalue weighted by Crippen LogP contribution is 2.35. The zero-order valence-corrected chi connectivity index (χ0v) is 14.8. The fourth-order valence-electron chi connectivity index (χ4n) is 2.56. The molecule has 0 N–H and O–H groups in total. The number of nitrogens with zero attached hydrogens (tertiary/aromatic N) is 2. The summed E-state index contributed by atoms with van der Waals surface area (Å²) >= 11 is 1.63. The van der Waals surface area contributed by atoms with Crippen LogP contribution in [0.15, 0.2) is 23.6 Å². The molecule has 0 aliphatic rings. The quantitative estimate of drug-likeness (QED) is 0.689. The molecule has 23 heavy (non-hydrogen) atoms. The van der Waals surface area contributed by atoms with Gasteiger partial charge in [-0.2, -0.15) is 0 Å². The first kappa shape index (κ1) is 15.7. The summed E-state index contributed by atoms with van der Waals surface area (Å²) in [6.07, 6.45) is 0. The number of rotatable bonds is 4. The van der Waals surface area contributed by atoms with Crippen LogP contribution in [0.3, 0.4) is 0 Å². The molecule has 120 valence electrons. The Morgan fingerprint density at radius 3 is 2.43 bits per heavy atom. The number of thiazole rings is 1. The lowest BCUT2D eigenvalue weighted by molar-refractivity contribution is 0.397. The molecule has 0 saturated heterocycles. The fourth-order valence-corrected chi connectivity index (χ4v) is 3.50. The number of hydrogen-bond acceptors (Lipinski definition) is 5. The van der Waals surface area contributed by atoms with Crippen LogP contribution in [-0.4, -0.2) is 24.2 Å². The summed E-state index contributed by atoms with van der Waals surface area (Å²) in [6, 6.07) is 5.89. The normalized spacial score (nSPS) is 11.2. The number of aromatic nitrogens is 2. The summed E-state index contributed by atoms with van der Waals surface area (Å²) in [5, 5.41) is 4.06. The van der Waals surface area contributed by atoms with Crippen LogP contribution in [0.1, 0.15) is 31.0 Å². The van der Waals surface area contributed by atoms with Gasteiger partial charge in [0.05, 0.1) is 31.1 Å². The summed E-state index contributed by atoms with van der Waals surface area (Å²) in [5.74, 6) is 1.93. The summed E-state index contributed by atoms with van der Waals surface area (Å²) in [4.78, 5) is 9.49. The lowest BCUT2D eigenvalue weighted by atomic mass is 10.1. The molecular formula is C18H20N2O2S. The summed E-state index contributed by atoms with van der Waals surface area (Å²) < 4.78 is 10.9. The second-order valence-electron chi connectivity index (χ2n) is 5.78. The zero-order valence-electron chi connectivity index (χ0n) is 14.0. The van der Waals surface area contributed by atoms with Gasteiger partial charge < -0.3 is 9.47 Å². The van der Waals surface area contributed by atoms with Crippen molar-refractivity contribution in [1.82, 2.24) is 9.97 Å². The van der Waals surface area contributed by atoms with Crippen molar-refractivity contribution in [2.45, 2.75) is 26.7 Å². The Balaban J connectivity index is 2.19. The summed E-state index contributed by atoms with van der Waals surface area (Å²) in [6.45, 7) is 6.36. The predicted molar refractivity (Wildman–Crippen MR) is 94.8 cm³/mol. The minimum absolute atomic E-state index is 0.418. The van der Waals surface area contributed by atoms with E-state index in [1.54, 1.807) is 25.6 Å². The molecule has 0 unspecified atom stereocenters. The number of aryl methyl sites for hydroxylation is 1. The van der Waals surface area contributed by atoms with E-state index in [1.165, 1.54) is 0 Å². The highest BCUT2D eigenvalue weighted by molar-refractivity contribution is 7.13. The molecule has 2 aromatic heterocycles. The molecule has 0 saturated carbocycles. The van der Waals surface area contributed by atoms with E-state index in [1.807, 2.05) is 12.1 Å². The van der Waals surface area contributed by atoms with Gasteiger partial charge in [-0.15, -0.1) is 11.3 Å². The number of fused-ring (bicyclic) bond motifs is 1. The van der Waals surface area contributed by atoms with Crippen LogP contribution >= 0.6 is 11.3 Å². The molecule has 0 atom stereocenters. The van der Waals surface area contributed by atoms with Crippen molar-refractivity contribution >= 4 is 22.2 Å². The summed E-state index contributed by atoms with van der Waals surface area (Å²) in [7, 11) is 3.31. The van der Waals surface area contributed by atoms with Gasteiger partial charge in [0.2, 0.25) is 0 Å². The van der Waals surface area contributed by atoms with Crippen molar-refractivity contribution in [2.75, 3.05) is 14.2 Å². The Labute approximate surface area is 140 Å². The molecule has 3 rings (SSSR count). The van der Waals surface area contributed by atoms with Gasteiger partial charge in [0.15, 0.2) is 0 Å². The maximum atomic E-state index is 5.50. The predicted octanol–water partition coefficient (Wildman–Crippen LogP) is 4.81. The number of pyridine rings is 1. The first-order valence-electron chi connectivity index (χ1n) is 7.52. The molecule has 5 heteroatoms. The van der Waals surface area contributed by atoms with E-state index in [0.29, 0.717) is 5.92 Å². The van der Waals surface area contributed by atoms with Gasteiger partial charge in [-0.1, -0.05) is 13.8 Å². The number of ether oxygens (including phenoxy) is 2. The molecule has 0 aliphatic carbocycles. The molecule has 1 aromatic carbocycles. The first-order chi connectivity index (χ1) is 11.0. The van der Waals surface area contributed by atoms with E-state index in [9.17, 15) is 0 Å². The van der Waals surface area contributed by atoms with Crippen molar-refractivity contribution in [1.29, 1.82) is 0 Å². The average molecular weight is 328 g/mol. The van der Waals surface area contributed by atoms with E-state index in [-0.39, 0.29) is 0 Å². The van der Waals surface area contributed by atoms with Gasteiger partial charge in [0.1, 0.15) is 16.5 Å². The molecule has 0 radical (unpaired) electrons. The van der Waals surface area contributed by atoms with E-state index in [0.717, 1.165) is 44.4 Å². The molecule has 0 aliphatic heterocycles. The lowest BCUT2D eigenvalue weighted by Crippen LogP contribution is -1.95. The maximum Gasteiger partial charge on any atom is 0.142 e. The van der Waals surface area contributed by atoms with Crippen LogP contribution < -0.4 is 9.47 Å². The third kappa shape index (κ3) is 2.88. The number of hydrogen-bond donors (Lipinski definition) is 0. The van der Waals surface area contributed by atoms with Gasteiger partial charge in [0.25, 0.3) is 0 Å². The van der Waals surface area contributed by atoms with Crippen molar-refractivity contribution in [3.05, 3.63) is 34.8 Å². The standard InChI is InChI=1S/C18H20N2O2S/c1-10(2)15-9-23-18(20-15)14-6-11(3)17-13(19-14)7-12(21-4)8-16(17)22-5/h6-10H,1-5H3. The van der Waals surface area contributed by atoms with Crippen LogP contribution in [-0.2, 0) is 0 Å². The second kappa shape index (κ2) is 6.16. The highest BCUT2D eigenvalue weighted by Gasteiger charge is 2.14. The summed E-state index contributed by atoms with van der Waals surface area (Å²) in [5.41, 5.74) is 3.97. The Kier molecular flexibility index (Phi) is 4.22. The third-order valence-electron chi connectivity index (χ3n) is 3.83. The van der Waals surface area contributed by atoms with Gasteiger partial charge in [-0.25, -0.2) is 9.97 Å². The Morgan fingerprint density at radius 1 is 1.04 bits per heavy atom. The van der Waals surface area contributed by atoms with E-state index in [2.05, 4.69) is 32.2 Å². The van der Waals surface area contributed by atoms with Gasteiger partial charge >= 0.3 is 0 Å². The topological polar surface area (TPSA) is 44.2 Å². The monoisotopic (exact) mass is 328 g/mol. The van der Waals surface area contributed by atoms with Crippen molar-refractivity contribution in [3.8, 4) is 22.2 Å². The van der Waals surface area contributed by atoms with Gasteiger partial charge in [0, 0.05) is 22.9 Å². The zero-order chi connectivity index (χ0) is 16.6. The maximum absolute atomic E-state index is 5.50. The SMILES string of the molecule is COc1cc(OC)c2c(C)cc(-c3nc(C(C)C)cs3)nc2c1. The largest absolute Gasteiger partial charge is 0.497 e. The van der Waals surface area contributed by atoms with E-state index >= 15 is 0 Å². The minimum atomic E-state index is 0.418. The van der Waals surface area contributed by atoms with E-state index < -0.39 is 0 Å². The van der Waals surface area contributed by atoms with Crippen LogP contribution in [0.5, 0.6) is 11.5 Å². The molecule has 4 nitrogen and oxygen atoms in total. The molecule has 3 aromatic rings. The van der Waals surface area contributed by atoms with Crippen LogP contribution in [0.2, 0.25) is 0 Å². The highest BCUT2D eigenvalue weighted by atomic mass is 32.1. The molecule has 0 bridgehead atoms. The molecule has 0 amide bonds. The van der Waals surface area contributed by atoms with Crippen LogP contribution in [0, 0.1) is 6.92 Å². The molecular weight excluding hydrogens is 308 g/mol. The Bertz CT molecular complexity index is 856. The minimum Gasteiger partial charge on any atom is -0.497 e. The van der Waals surface area contributed by atoms with Gasteiger partial charge in [-0.3, -0.25) is 0 Å². The molecule has 2 heterocycles. The van der Waals surface area contributed by atoms with Crippen LogP contribution in [0.4, 0.5) is 0 Å². The fraction of sp³-hybridized carbons (Fsp3) is 0.333. The first-order valence-corrected chi connectivity index (χ1v) is 8.40. The van der Waals surface area contributed by atoms with Crippen molar-refractivity contribution in [3.63, 3.8) is 0 Å². The van der Waals surface area contributed by atoms with Crippen molar-refractivity contribution in [2.24, 2.45) is 0 Å². The van der Waals surface area contributed by atoms with Gasteiger partial charge in [-0.05, 0) is 24.5 Å².